The molecule has 2 aliphatic carbocycles. The van der Waals surface area contributed by atoms with Gasteiger partial charge in [-0.1, -0.05) is 197 Å². The predicted molar refractivity (Wildman–Crippen MR) is 214 cm³/mol. The summed E-state index contributed by atoms with van der Waals surface area (Å²) >= 11 is 0. The zero-order valence-corrected chi connectivity index (χ0v) is 30.8. The molecule has 0 amide bonds. The van der Waals surface area contributed by atoms with E-state index in [9.17, 15) is 0 Å². The Bertz CT molecular complexity index is 1760. The van der Waals surface area contributed by atoms with E-state index in [1.165, 1.54) is 55.6 Å². The highest BCUT2D eigenvalue weighted by molar-refractivity contribution is 5.85. The Morgan fingerprint density at radius 2 is 1.04 bits per heavy atom. The first-order valence-corrected chi connectivity index (χ1v) is 17.8. The molecule has 0 radical (unpaired) electrons. The molecular formula is C48H56. The van der Waals surface area contributed by atoms with Gasteiger partial charge in [-0.15, -0.1) is 0 Å². The Labute approximate surface area is 292 Å². The number of aryl methyl sites for hydroxylation is 2. The van der Waals surface area contributed by atoms with Crippen LogP contribution in [-0.4, -0.2) is 0 Å². The predicted octanol–water partition coefficient (Wildman–Crippen LogP) is 13.9. The fraction of sp³-hybridized carbons (Fsp3) is 0.250. The molecule has 0 saturated heterocycles. The topological polar surface area (TPSA) is 0 Å². The molecule has 248 valence electrons. The molecule has 5 aromatic rings. The minimum Gasteiger partial charge on any atom is -0.0919 e. The van der Waals surface area contributed by atoms with E-state index < -0.39 is 0 Å². The van der Waals surface area contributed by atoms with Crippen LogP contribution in [0.5, 0.6) is 0 Å². The molecule has 0 N–H and O–H groups in total. The summed E-state index contributed by atoms with van der Waals surface area (Å²) in [5.74, 6) is 0.426. The molecule has 0 nitrogen and oxygen atoms in total. The Morgan fingerprint density at radius 1 is 0.500 bits per heavy atom. The Balaban J connectivity index is 0.000000248. The van der Waals surface area contributed by atoms with E-state index in [4.69, 9.17) is 0 Å². The van der Waals surface area contributed by atoms with Gasteiger partial charge in [0.05, 0.1) is 5.41 Å². The van der Waals surface area contributed by atoms with Gasteiger partial charge in [0.25, 0.3) is 0 Å². The molecule has 0 aromatic heterocycles. The lowest BCUT2D eigenvalue weighted by Crippen LogP contribution is -2.31. The van der Waals surface area contributed by atoms with Crippen LogP contribution >= 0.6 is 0 Å². The number of benzene rings is 5. The van der Waals surface area contributed by atoms with E-state index in [1.54, 1.807) is 0 Å². The summed E-state index contributed by atoms with van der Waals surface area (Å²) in [5.41, 5.74) is 13.8. The number of hydrogen-bond acceptors (Lipinski definition) is 0. The van der Waals surface area contributed by atoms with Gasteiger partial charge in [-0.25, -0.2) is 0 Å². The molecule has 0 heterocycles. The summed E-state index contributed by atoms with van der Waals surface area (Å²) in [6, 6.07) is 44.1. The average molecular weight is 633 g/mol. The molecule has 2 atom stereocenters. The fourth-order valence-corrected chi connectivity index (χ4v) is 6.69. The van der Waals surface area contributed by atoms with Crippen LogP contribution < -0.4 is 0 Å². The van der Waals surface area contributed by atoms with Gasteiger partial charge < -0.3 is 0 Å². The van der Waals surface area contributed by atoms with Gasteiger partial charge >= 0.3 is 0 Å². The van der Waals surface area contributed by atoms with Crippen LogP contribution in [0.25, 0.3) is 22.3 Å². The zero-order chi connectivity index (χ0) is 34.9. The molecule has 0 fully saturated rings. The average Bonchev–Trinajstić information content (AvgIpc) is 3.64. The van der Waals surface area contributed by atoms with Crippen LogP contribution in [0.2, 0.25) is 0 Å². The molecule has 0 aliphatic heterocycles. The van der Waals surface area contributed by atoms with Crippen LogP contribution in [0, 0.1) is 19.8 Å². The molecule has 2 aliphatic rings. The second-order valence-corrected chi connectivity index (χ2v) is 11.7. The maximum Gasteiger partial charge on any atom is 0.0532 e. The highest BCUT2D eigenvalue weighted by atomic mass is 14.5. The van der Waals surface area contributed by atoms with Gasteiger partial charge in [0.15, 0.2) is 0 Å². The Kier molecular flexibility index (Phi) is 15.1. The van der Waals surface area contributed by atoms with Gasteiger partial charge in [0.2, 0.25) is 0 Å². The number of allylic oxidation sites excluding steroid dienone is 6. The fourth-order valence-electron chi connectivity index (χ4n) is 6.69. The third-order valence-electron chi connectivity index (χ3n) is 8.82. The van der Waals surface area contributed by atoms with Gasteiger partial charge in [0, 0.05) is 0 Å². The normalized spacial score (nSPS) is 16.4. The maximum absolute atomic E-state index is 2.42. The lowest BCUT2D eigenvalue weighted by molar-refractivity contribution is 0.499. The van der Waals surface area contributed by atoms with E-state index in [0.717, 1.165) is 6.42 Å². The smallest absolute Gasteiger partial charge is 0.0532 e. The van der Waals surface area contributed by atoms with Crippen LogP contribution in [0.15, 0.2) is 158 Å². The monoisotopic (exact) mass is 632 g/mol. The second kappa shape index (κ2) is 19.2. The number of rotatable bonds is 3. The molecule has 2 unspecified atom stereocenters. The summed E-state index contributed by atoms with van der Waals surface area (Å²) < 4.78 is 0. The minimum absolute atomic E-state index is 0.0768. The van der Waals surface area contributed by atoms with E-state index in [2.05, 4.69) is 160 Å². The van der Waals surface area contributed by atoms with Gasteiger partial charge in [-0.05, 0) is 91.5 Å². The van der Waals surface area contributed by atoms with E-state index >= 15 is 0 Å². The summed E-state index contributed by atoms with van der Waals surface area (Å²) in [6.07, 6.45) is 14.0. The van der Waals surface area contributed by atoms with E-state index in [0.29, 0.717) is 5.92 Å². The molecule has 0 bridgehead atoms. The highest BCUT2D eigenvalue weighted by Crippen LogP contribution is 2.61. The summed E-state index contributed by atoms with van der Waals surface area (Å²) in [7, 11) is 0. The first kappa shape index (κ1) is 37.8. The van der Waals surface area contributed by atoms with Gasteiger partial charge in [0.1, 0.15) is 0 Å². The standard InChI is InChI=1S/C27H24.C13H12.C4H8.2C2H6/c1-3-4-5-11-21-18-20-10-6-8-13-24(20)27(21)25-14-9-7-12-22(25)23-16-15-19(2)17-26(23)27;1-11-7-9-13(10-8-11)12-5-3-2-4-6-12;1-3-4-2;2*1-2/h3-17,21H,18H2,1-2H3;2-10H,1H3;3-4H,1-2H3;2*1-2H3/b4-3-,11-5-;;4-3-;;. The molecule has 48 heavy (non-hydrogen) atoms. The Morgan fingerprint density at radius 3 is 1.69 bits per heavy atom. The molecule has 5 aromatic carbocycles. The zero-order valence-electron chi connectivity index (χ0n) is 30.8. The number of fused-ring (bicyclic) bond motifs is 7. The first-order valence-electron chi connectivity index (χ1n) is 17.8. The summed E-state index contributed by atoms with van der Waals surface area (Å²) in [6.45, 7) is 18.4. The molecule has 1 spiro atoms. The second-order valence-electron chi connectivity index (χ2n) is 11.7. The van der Waals surface area contributed by atoms with E-state index in [1.807, 2.05) is 59.8 Å². The van der Waals surface area contributed by atoms with Crippen LogP contribution in [-0.2, 0) is 11.8 Å². The lowest BCUT2D eigenvalue weighted by atomic mass is 9.67. The van der Waals surface area contributed by atoms with Crippen molar-refractivity contribution in [2.75, 3.05) is 0 Å². The van der Waals surface area contributed by atoms with Crippen molar-refractivity contribution in [3.63, 3.8) is 0 Å². The molecular weight excluding hydrogens is 577 g/mol. The van der Waals surface area contributed by atoms with Crippen LogP contribution in [0.1, 0.15) is 81.8 Å². The molecule has 7 rings (SSSR count). The van der Waals surface area contributed by atoms with Crippen molar-refractivity contribution in [2.24, 2.45) is 5.92 Å². The van der Waals surface area contributed by atoms with Crippen molar-refractivity contribution in [3.8, 4) is 22.3 Å². The van der Waals surface area contributed by atoms with Gasteiger partial charge in [-0.3, -0.25) is 0 Å². The van der Waals surface area contributed by atoms with Crippen LogP contribution in [0.4, 0.5) is 0 Å². The van der Waals surface area contributed by atoms with Gasteiger partial charge in [-0.2, -0.15) is 0 Å². The van der Waals surface area contributed by atoms with E-state index in [-0.39, 0.29) is 5.41 Å². The third-order valence-corrected chi connectivity index (χ3v) is 8.82. The highest BCUT2D eigenvalue weighted by Gasteiger charge is 2.53. The lowest BCUT2D eigenvalue weighted by Gasteiger charge is -2.34. The van der Waals surface area contributed by atoms with Crippen LogP contribution in [0.3, 0.4) is 0 Å². The SMILES string of the molecule is C/C=C\C.C/C=C\C=C/C1Cc2ccccc2C12c1ccccc1-c1ccc(C)cc12.CC.CC.Cc1ccc(-c2ccccc2)cc1. The Hall–Kier alpha value is -4.68. The van der Waals surface area contributed by atoms with Crippen molar-refractivity contribution >= 4 is 0 Å². The third kappa shape index (κ3) is 8.23. The number of hydrogen-bond donors (Lipinski definition) is 0. The maximum atomic E-state index is 2.42. The summed E-state index contributed by atoms with van der Waals surface area (Å²) in [5, 5.41) is 0. The molecule has 0 saturated carbocycles. The van der Waals surface area contributed by atoms with Crippen molar-refractivity contribution in [1.82, 2.24) is 0 Å². The largest absolute Gasteiger partial charge is 0.0919 e. The van der Waals surface area contributed by atoms with Crippen molar-refractivity contribution in [1.29, 1.82) is 0 Å². The molecule has 0 heteroatoms. The van der Waals surface area contributed by atoms with Crippen molar-refractivity contribution in [3.05, 3.63) is 191 Å². The first-order chi connectivity index (χ1) is 23.5. The van der Waals surface area contributed by atoms with Crippen molar-refractivity contribution < 1.29 is 0 Å². The minimum atomic E-state index is -0.0768. The summed E-state index contributed by atoms with van der Waals surface area (Å²) in [4.78, 5) is 0. The van der Waals surface area contributed by atoms with Crippen molar-refractivity contribution in [2.45, 2.75) is 74.1 Å². The quantitative estimate of drug-likeness (QED) is 0.137.